The molecule has 2 aromatic carbocycles. The number of rotatable bonds is 10. The van der Waals surface area contributed by atoms with Crippen LogP contribution in [0.5, 0.6) is 11.5 Å². The lowest BCUT2D eigenvalue weighted by Crippen LogP contribution is -2.29. The number of fused-ring (bicyclic) bond motifs is 1. The van der Waals surface area contributed by atoms with E-state index in [0.717, 1.165) is 34.1 Å². The number of carbonyl (C=O) groups excluding carboxylic acids is 2. The van der Waals surface area contributed by atoms with Crippen molar-refractivity contribution >= 4 is 29.4 Å². The largest absolute Gasteiger partial charge is 0.497 e. The zero-order valence-corrected chi connectivity index (χ0v) is 21.0. The first-order valence-electron chi connectivity index (χ1n) is 11.5. The van der Waals surface area contributed by atoms with Crippen molar-refractivity contribution < 1.29 is 19.1 Å². The Morgan fingerprint density at radius 1 is 1.03 bits per heavy atom. The van der Waals surface area contributed by atoms with Crippen LogP contribution in [0.25, 0.3) is 0 Å². The van der Waals surface area contributed by atoms with Crippen LogP contribution in [-0.2, 0) is 34.2 Å². The first-order chi connectivity index (χ1) is 16.9. The Balaban J connectivity index is 1.35. The summed E-state index contributed by atoms with van der Waals surface area (Å²) in [6, 6.07) is 15.3. The number of anilines is 1. The predicted octanol–water partition coefficient (Wildman–Crippen LogP) is 4.10. The average molecular weight is 495 g/mol. The van der Waals surface area contributed by atoms with Crippen LogP contribution < -0.4 is 20.1 Å². The summed E-state index contributed by atoms with van der Waals surface area (Å²) < 4.78 is 12.4. The molecular formula is C26H30N4O4S. The summed E-state index contributed by atoms with van der Waals surface area (Å²) in [5, 5.41) is 10.4. The molecule has 0 fully saturated rings. The van der Waals surface area contributed by atoms with Crippen LogP contribution in [0, 0.1) is 0 Å². The molecule has 1 aliphatic rings. The van der Waals surface area contributed by atoms with E-state index in [1.807, 2.05) is 48.5 Å². The first kappa shape index (κ1) is 24.7. The highest BCUT2D eigenvalue weighted by molar-refractivity contribution is 7.98. The number of benzene rings is 2. The van der Waals surface area contributed by atoms with Crippen LogP contribution in [0.4, 0.5) is 5.82 Å². The lowest BCUT2D eigenvalue weighted by Gasteiger charge is -2.12. The fourth-order valence-corrected chi connectivity index (χ4v) is 4.76. The van der Waals surface area contributed by atoms with E-state index in [0.29, 0.717) is 24.0 Å². The Kier molecular flexibility index (Phi) is 7.97. The van der Waals surface area contributed by atoms with Crippen LogP contribution >= 0.6 is 11.8 Å². The van der Waals surface area contributed by atoms with E-state index in [1.54, 1.807) is 23.6 Å². The van der Waals surface area contributed by atoms with Gasteiger partial charge in [0.25, 0.3) is 5.91 Å². The molecular weight excluding hydrogens is 464 g/mol. The third kappa shape index (κ3) is 6.36. The smallest absolute Gasteiger partial charge is 0.263 e. The standard InChI is InChI=1S/C26H30N4O4S/c1-17(2)19-6-10-21(11-7-19)34-14-25(32)28-26-22-15-35-16-23(22)29-30(26)13-24(31)27-12-18-4-8-20(33-3)9-5-18/h4-11,17H,12-16H2,1-3H3,(H,27,31)(H,28,32). The fourth-order valence-electron chi connectivity index (χ4n) is 3.72. The Hall–Kier alpha value is -3.46. The predicted molar refractivity (Wildman–Crippen MR) is 137 cm³/mol. The highest BCUT2D eigenvalue weighted by Gasteiger charge is 2.25. The molecule has 1 aromatic heterocycles. The first-order valence-corrected chi connectivity index (χ1v) is 12.7. The van der Waals surface area contributed by atoms with Crippen molar-refractivity contribution in [1.29, 1.82) is 0 Å². The Morgan fingerprint density at radius 2 is 1.74 bits per heavy atom. The molecule has 0 unspecified atom stereocenters. The number of thioether (sulfide) groups is 1. The maximum absolute atomic E-state index is 12.7. The quantitative estimate of drug-likeness (QED) is 0.441. The van der Waals surface area contributed by atoms with Gasteiger partial charge < -0.3 is 20.1 Å². The summed E-state index contributed by atoms with van der Waals surface area (Å²) in [5.74, 6) is 3.42. The van der Waals surface area contributed by atoms with Gasteiger partial charge in [0, 0.05) is 23.6 Å². The van der Waals surface area contributed by atoms with Crippen molar-refractivity contribution in [2.24, 2.45) is 0 Å². The lowest BCUT2D eigenvalue weighted by molar-refractivity contribution is -0.122. The minimum Gasteiger partial charge on any atom is -0.497 e. The second-order valence-corrected chi connectivity index (χ2v) is 9.60. The van der Waals surface area contributed by atoms with E-state index in [2.05, 4.69) is 29.6 Å². The molecule has 0 aliphatic carbocycles. The van der Waals surface area contributed by atoms with Gasteiger partial charge in [0.05, 0.1) is 12.8 Å². The zero-order valence-electron chi connectivity index (χ0n) is 20.2. The van der Waals surface area contributed by atoms with E-state index in [-0.39, 0.29) is 25.0 Å². The van der Waals surface area contributed by atoms with Gasteiger partial charge in [-0.25, -0.2) is 4.68 Å². The number of amides is 2. The molecule has 0 saturated carbocycles. The summed E-state index contributed by atoms with van der Waals surface area (Å²) >= 11 is 1.73. The molecule has 8 nitrogen and oxygen atoms in total. The van der Waals surface area contributed by atoms with E-state index in [1.165, 1.54) is 5.56 Å². The Bertz CT molecular complexity index is 1170. The Labute approximate surface area is 209 Å². The zero-order chi connectivity index (χ0) is 24.8. The number of nitrogens with zero attached hydrogens (tertiary/aromatic N) is 2. The van der Waals surface area contributed by atoms with Crippen molar-refractivity contribution in [3.8, 4) is 11.5 Å². The van der Waals surface area contributed by atoms with Gasteiger partial charge in [-0.05, 0) is 41.3 Å². The van der Waals surface area contributed by atoms with E-state index in [4.69, 9.17) is 9.47 Å². The molecule has 35 heavy (non-hydrogen) atoms. The molecule has 0 spiro atoms. The van der Waals surface area contributed by atoms with Crippen molar-refractivity contribution in [3.05, 3.63) is 70.9 Å². The highest BCUT2D eigenvalue weighted by Crippen LogP contribution is 2.34. The molecule has 9 heteroatoms. The van der Waals surface area contributed by atoms with Gasteiger partial charge in [-0.3, -0.25) is 9.59 Å². The van der Waals surface area contributed by atoms with E-state index in [9.17, 15) is 9.59 Å². The molecule has 1 aliphatic heterocycles. The number of hydrogen-bond acceptors (Lipinski definition) is 6. The summed E-state index contributed by atoms with van der Waals surface area (Å²) in [7, 11) is 1.61. The topological polar surface area (TPSA) is 94.5 Å². The Morgan fingerprint density at radius 3 is 2.43 bits per heavy atom. The van der Waals surface area contributed by atoms with Crippen LogP contribution in [0.15, 0.2) is 48.5 Å². The number of ether oxygens (including phenoxy) is 2. The van der Waals surface area contributed by atoms with Crippen molar-refractivity contribution in [1.82, 2.24) is 15.1 Å². The number of carbonyl (C=O) groups is 2. The second kappa shape index (κ2) is 11.3. The van der Waals surface area contributed by atoms with Gasteiger partial charge in [0.2, 0.25) is 5.91 Å². The fraction of sp³-hybridized carbons (Fsp3) is 0.346. The third-order valence-corrected chi connectivity index (χ3v) is 6.71. The van der Waals surface area contributed by atoms with Gasteiger partial charge in [0.1, 0.15) is 23.9 Å². The van der Waals surface area contributed by atoms with Crippen LogP contribution in [0.1, 0.15) is 42.1 Å². The van der Waals surface area contributed by atoms with Crippen LogP contribution in [0.3, 0.4) is 0 Å². The van der Waals surface area contributed by atoms with Crippen LogP contribution in [-0.4, -0.2) is 35.3 Å². The second-order valence-electron chi connectivity index (χ2n) is 8.61. The molecule has 184 valence electrons. The maximum Gasteiger partial charge on any atom is 0.263 e. The van der Waals surface area contributed by atoms with Gasteiger partial charge in [0.15, 0.2) is 6.61 Å². The molecule has 0 atom stereocenters. The molecule has 0 radical (unpaired) electrons. The lowest BCUT2D eigenvalue weighted by atomic mass is 10.0. The molecule has 0 bridgehead atoms. The summed E-state index contributed by atoms with van der Waals surface area (Å²) in [6.45, 7) is 4.54. The third-order valence-electron chi connectivity index (χ3n) is 5.74. The summed E-state index contributed by atoms with van der Waals surface area (Å²) in [5.41, 5.74) is 4.04. The molecule has 4 rings (SSSR count). The summed E-state index contributed by atoms with van der Waals surface area (Å²) in [6.07, 6.45) is 0. The van der Waals surface area contributed by atoms with E-state index < -0.39 is 0 Å². The summed E-state index contributed by atoms with van der Waals surface area (Å²) in [4.78, 5) is 25.3. The van der Waals surface area contributed by atoms with Gasteiger partial charge in [-0.15, -0.1) is 0 Å². The molecule has 2 N–H and O–H groups in total. The van der Waals surface area contributed by atoms with Crippen LogP contribution in [0.2, 0.25) is 0 Å². The number of nitrogens with one attached hydrogen (secondary N) is 2. The van der Waals surface area contributed by atoms with Crippen molar-refractivity contribution in [2.75, 3.05) is 19.0 Å². The average Bonchev–Trinajstić information content (AvgIpc) is 3.44. The molecule has 0 saturated heterocycles. The minimum atomic E-state index is -0.294. The molecule has 2 amide bonds. The highest BCUT2D eigenvalue weighted by atomic mass is 32.2. The normalized spacial score (nSPS) is 12.3. The SMILES string of the molecule is COc1ccc(CNC(=O)Cn2nc3c(c2NC(=O)COc2ccc(C(C)C)cc2)CSC3)cc1. The maximum atomic E-state index is 12.7. The van der Waals surface area contributed by atoms with E-state index >= 15 is 0 Å². The molecule has 2 heterocycles. The monoisotopic (exact) mass is 494 g/mol. The molecule has 3 aromatic rings. The van der Waals surface area contributed by atoms with Gasteiger partial charge in [-0.2, -0.15) is 16.9 Å². The number of methoxy groups -OCH3 is 1. The van der Waals surface area contributed by atoms with Gasteiger partial charge >= 0.3 is 0 Å². The number of aromatic nitrogens is 2. The van der Waals surface area contributed by atoms with Crippen molar-refractivity contribution in [3.63, 3.8) is 0 Å². The minimum absolute atomic E-state index is 0.0148. The van der Waals surface area contributed by atoms with Crippen molar-refractivity contribution in [2.45, 2.75) is 44.4 Å². The number of hydrogen-bond donors (Lipinski definition) is 2. The van der Waals surface area contributed by atoms with Gasteiger partial charge in [-0.1, -0.05) is 38.1 Å².